The lowest BCUT2D eigenvalue weighted by atomic mass is 9.95. The summed E-state index contributed by atoms with van der Waals surface area (Å²) >= 11 is 5.93. The summed E-state index contributed by atoms with van der Waals surface area (Å²) in [4.78, 5) is 17.4. The van der Waals surface area contributed by atoms with Gasteiger partial charge in [0, 0.05) is 16.4 Å². The standard InChI is InChI=1S/C20H18ClN5O2/c1-12-17(19(27)25-15-8-6-14(21)7-9-15)18(26-20(24-12)22-11-23-26)13-4-3-5-16(10-13)28-2/h3-11,18H,1-2H3,(H,25,27)(H,22,23,24). The van der Waals surface area contributed by atoms with Crippen molar-refractivity contribution >= 4 is 29.1 Å². The Kier molecular flexibility index (Phi) is 4.75. The molecule has 28 heavy (non-hydrogen) atoms. The number of hydrogen-bond donors (Lipinski definition) is 2. The maximum absolute atomic E-state index is 13.2. The molecule has 1 aliphatic rings. The van der Waals surface area contributed by atoms with Crippen LogP contribution in [-0.2, 0) is 4.79 Å². The fourth-order valence-corrected chi connectivity index (χ4v) is 3.36. The number of carbonyl (C=O) groups is 1. The van der Waals surface area contributed by atoms with Crippen LogP contribution in [0.3, 0.4) is 0 Å². The highest BCUT2D eigenvalue weighted by atomic mass is 35.5. The highest BCUT2D eigenvalue weighted by Crippen LogP contribution is 2.36. The van der Waals surface area contributed by atoms with Gasteiger partial charge in [-0.25, -0.2) is 4.68 Å². The molecule has 1 atom stereocenters. The zero-order valence-electron chi connectivity index (χ0n) is 15.3. The Bertz CT molecular complexity index is 1060. The van der Waals surface area contributed by atoms with E-state index < -0.39 is 6.04 Å². The Labute approximate surface area is 167 Å². The third-order valence-electron chi connectivity index (χ3n) is 4.55. The molecule has 3 aromatic rings. The van der Waals surface area contributed by atoms with E-state index in [0.29, 0.717) is 33.7 Å². The van der Waals surface area contributed by atoms with E-state index in [1.807, 2.05) is 31.2 Å². The van der Waals surface area contributed by atoms with Crippen molar-refractivity contribution < 1.29 is 9.53 Å². The van der Waals surface area contributed by atoms with Crippen molar-refractivity contribution in [3.8, 4) is 5.75 Å². The maximum Gasteiger partial charge on any atom is 0.255 e. The summed E-state index contributed by atoms with van der Waals surface area (Å²) in [6.45, 7) is 1.85. The van der Waals surface area contributed by atoms with Gasteiger partial charge in [0.2, 0.25) is 5.95 Å². The second kappa shape index (κ2) is 7.36. The minimum atomic E-state index is -0.443. The lowest BCUT2D eigenvalue weighted by molar-refractivity contribution is -0.113. The Morgan fingerprint density at radius 1 is 1.25 bits per heavy atom. The van der Waals surface area contributed by atoms with Gasteiger partial charge >= 0.3 is 0 Å². The molecule has 1 amide bonds. The fourth-order valence-electron chi connectivity index (χ4n) is 3.24. The van der Waals surface area contributed by atoms with E-state index in [2.05, 4.69) is 20.7 Å². The van der Waals surface area contributed by atoms with Crippen molar-refractivity contribution in [1.82, 2.24) is 14.8 Å². The Morgan fingerprint density at radius 2 is 2.04 bits per heavy atom. The number of methoxy groups -OCH3 is 1. The molecular weight excluding hydrogens is 378 g/mol. The van der Waals surface area contributed by atoms with Gasteiger partial charge in [-0.2, -0.15) is 10.1 Å². The van der Waals surface area contributed by atoms with E-state index in [9.17, 15) is 4.79 Å². The SMILES string of the molecule is COc1cccc(C2C(C(=O)Nc3ccc(Cl)cc3)=C(C)Nc3ncnn32)c1. The summed E-state index contributed by atoms with van der Waals surface area (Å²) in [5, 5.41) is 11.0. The molecule has 1 aliphatic heterocycles. The van der Waals surface area contributed by atoms with Crippen LogP contribution in [0, 0.1) is 0 Å². The number of nitrogens with one attached hydrogen (secondary N) is 2. The average Bonchev–Trinajstić information content (AvgIpc) is 3.16. The smallest absolute Gasteiger partial charge is 0.255 e. The maximum atomic E-state index is 13.2. The third kappa shape index (κ3) is 3.32. The second-order valence-corrected chi connectivity index (χ2v) is 6.77. The first kappa shape index (κ1) is 18.1. The van der Waals surface area contributed by atoms with E-state index in [-0.39, 0.29) is 5.91 Å². The molecule has 4 rings (SSSR count). The van der Waals surface area contributed by atoms with Crippen LogP contribution in [0.5, 0.6) is 5.75 Å². The van der Waals surface area contributed by atoms with Crippen molar-refractivity contribution in [1.29, 1.82) is 0 Å². The molecule has 0 spiro atoms. The molecule has 1 unspecified atom stereocenters. The van der Waals surface area contributed by atoms with Crippen molar-refractivity contribution in [3.63, 3.8) is 0 Å². The minimum absolute atomic E-state index is 0.235. The molecule has 0 aliphatic carbocycles. The largest absolute Gasteiger partial charge is 0.497 e. The summed E-state index contributed by atoms with van der Waals surface area (Å²) in [5.74, 6) is 1.04. The average molecular weight is 396 g/mol. The normalized spacial score (nSPS) is 15.6. The number of hydrogen-bond acceptors (Lipinski definition) is 5. The van der Waals surface area contributed by atoms with E-state index in [1.165, 1.54) is 6.33 Å². The first-order valence-corrected chi connectivity index (χ1v) is 9.03. The highest BCUT2D eigenvalue weighted by Gasteiger charge is 2.33. The molecule has 2 heterocycles. The number of nitrogens with zero attached hydrogens (tertiary/aromatic N) is 3. The summed E-state index contributed by atoms with van der Waals surface area (Å²) in [6, 6.07) is 14.1. The molecule has 142 valence electrons. The number of ether oxygens (including phenoxy) is 1. The third-order valence-corrected chi connectivity index (χ3v) is 4.80. The summed E-state index contributed by atoms with van der Waals surface area (Å²) in [5.41, 5.74) is 2.78. The lowest BCUT2D eigenvalue weighted by Gasteiger charge is -2.29. The van der Waals surface area contributed by atoms with Gasteiger partial charge in [0.1, 0.15) is 18.1 Å². The van der Waals surface area contributed by atoms with Crippen LogP contribution >= 0.6 is 11.6 Å². The summed E-state index contributed by atoms with van der Waals surface area (Å²) in [7, 11) is 1.61. The van der Waals surface area contributed by atoms with Crippen LogP contribution in [0.4, 0.5) is 11.6 Å². The van der Waals surface area contributed by atoms with Gasteiger partial charge in [0.05, 0.1) is 12.7 Å². The number of rotatable bonds is 4. The number of aromatic nitrogens is 3. The van der Waals surface area contributed by atoms with Gasteiger partial charge in [-0.05, 0) is 48.9 Å². The number of allylic oxidation sites excluding steroid dienone is 1. The molecule has 0 saturated carbocycles. The van der Waals surface area contributed by atoms with Crippen LogP contribution < -0.4 is 15.4 Å². The van der Waals surface area contributed by atoms with Gasteiger partial charge in [-0.1, -0.05) is 23.7 Å². The predicted molar refractivity (Wildman–Crippen MR) is 108 cm³/mol. The van der Waals surface area contributed by atoms with Crippen molar-refractivity contribution in [2.45, 2.75) is 13.0 Å². The van der Waals surface area contributed by atoms with Gasteiger partial charge < -0.3 is 15.4 Å². The number of anilines is 2. The monoisotopic (exact) mass is 395 g/mol. The molecule has 2 N–H and O–H groups in total. The van der Waals surface area contributed by atoms with Crippen LogP contribution in [0.1, 0.15) is 18.5 Å². The van der Waals surface area contributed by atoms with Gasteiger partial charge in [0.15, 0.2) is 0 Å². The van der Waals surface area contributed by atoms with E-state index >= 15 is 0 Å². The predicted octanol–water partition coefficient (Wildman–Crippen LogP) is 3.87. The molecule has 0 saturated heterocycles. The van der Waals surface area contributed by atoms with Gasteiger partial charge in [-0.3, -0.25) is 4.79 Å². The highest BCUT2D eigenvalue weighted by molar-refractivity contribution is 6.30. The Morgan fingerprint density at radius 3 is 2.79 bits per heavy atom. The zero-order valence-corrected chi connectivity index (χ0v) is 16.1. The zero-order chi connectivity index (χ0) is 19.7. The number of carbonyl (C=O) groups excluding carboxylic acids is 1. The topological polar surface area (TPSA) is 81.1 Å². The second-order valence-electron chi connectivity index (χ2n) is 6.33. The molecule has 0 bridgehead atoms. The molecule has 2 aromatic carbocycles. The molecule has 0 radical (unpaired) electrons. The molecular formula is C20H18ClN5O2. The molecule has 7 nitrogen and oxygen atoms in total. The van der Waals surface area contributed by atoms with Crippen LogP contribution in [-0.4, -0.2) is 27.8 Å². The van der Waals surface area contributed by atoms with Gasteiger partial charge in [-0.15, -0.1) is 0 Å². The number of benzene rings is 2. The van der Waals surface area contributed by atoms with Crippen molar-refractivity contribution in [2.24, 2.45) is 0 Å². The number of amides is 1. The molecule has 1 aromatic heterocycles. The Balaban J connectivity index is 1.76. The number of fused-ring (bicyclic) bond motifs is 1. The minimum Gasteiger partial charge on any atom is -0.497 e. The first-order valence-electron chi connectivity index (χ1n) is 8.65. The van der Waals surface area contributed by atoms with Crippen LogP contribution in [0.2, 0.25) is 5.02 Å². The first-order chi connectivity index (χ1) is 13.6. The van der Waals surface area contributed by atoms with Gasteiger partial charge in [0.25, 0.3) is 5.91 Å². The van der Waals surface area contributed by atoms with Crippen molar-refractivity contribution in [2.75, 3.05) is 17.7 Å². The van der Waals surface area contributed by atoms with E-state index in [4.69, 9.17) is 16.3 Å². The van der Waals surface area contributed by atoms with Crippen LogP contribution in [0.25, 0.3) is 0 Å². The van der Waals surface area contributed by atoms with E-state index in [0.717, 1.165) is 5.56 Å². The Hall–Kier alpha value is -3.32. The molecule has 0 fully saturated rings. The summed E-state index contributed by atoms with van der Waals surface area (Å²) < 4.78 is 7.05. The fraction of sp³-hybridized carbons (Fsp3) is 0.150. The van der Waals surface area contributed by atoms with Crippen LogP contribution in [0.15, 0.2) is 66.1 Å². The quantitative estimate of drug-likeness (QED) is 0.700. The summed E-state index contributed by atoms with van der Waals surface area (Å²) in [6.07, 6.45) is 1.46. The van der Waals surface area contributed by atoms with E-state index in [1.54, 1.807) is 36.1 Å². The number of halogens is 1. The van der Waals surface area contributed by atoms with Crippen molar-refractivity contribution in [3.05, 3.63) is 76.7 Å². The lowest BCUT2D eigenvalue weighted by Crippen LogP contribution is -2.31. The molecule has 8 heteroatoms.